The first-order chi connectivity index (χ1) is 14.4. The fourth-order valence-electron chi connectivity index (χ4n) is 4.19. The fraction of sp³-hybridized carbons (Fsp3) is 0.304. The van der Waals surface area contributed by atoms with Gasteiger partial charge in [0.05, 0.1) is 16.8 Å². The van der Waals surface area contributed by atoms with E-state index in [9.17, 15) is 23.2 Å². The van der Waals surface area contributed by atoms with E-state index in [0.29, 0.717) is 34.1 Å². The smallest absolute Gasteiger partial charge is 0.416 e. The monoisotopic (exact) mass is 412 g/mol. The number of nitriles is 1. The van der Waals surface area contributed by atoms with Crippen molar-refractivity contribution in [2.24, 2.45) is 0 Å². The lowest BCUT2D eigenvalue weighted by atomic mass is 9.91. The van der Waals surface area contributed by atoms with Gasteiger partial charge < -0.3 is 9.72 Å². The Morgan fingerprint density at radius 1 is 1.17 bits per heavy atom. The van der Waals surface area contributed by atoms with Gasteiger partial charge in [-0.05, 0) is 54.2 Å². The zero-order valence-corrected chi connectivity index (χ0v) is 16.1. The highest BCUT2D eigenvalue weighted by Gasteiger charge is 2.36. The molecule has 0 unspecified atom stereocenters. The van der Waals surface area contributed by atoms with Gasteiger partial charge in [0.1, 0.15) is 18.4 Å². The Morgan fingerprint density at radius 3 is 2.60 bits per heavy atom. The number of nitrogens with one attached hydrogen (secondary N) is 1. The summed E-state index contributed by atoms with van der Waals surface area (Å²) in [6.45, 7) is -0.0353. The van der Waals surface area contributed by atoms with Crippen molar-refractivity contribution in [3.63, 3.8) is 0 Å². The second-order valence-electron chi connectivity index (χ2n) is 7.54. The lowest BCUT2D eigenvalue weighted by Gasteiger charge is -2.19. The van der Waals surface area contributed by atoms with Gasteiger partial charge in [-0.15, -0.1) is 0 Å². The summed E-state index contributed by atoms with van der Waals surface area (Å²) in [6, 6.07) is 11.3. The topological polar surface area (TPSA) is 65.9 Å². The van der Waals surface area contributed by atoms with Crippen LogP contribution in [0.2, 0.25) is 0 Å². The molecule has 3 aromatic rings. The quantitative estimate of drug-likeness (QED) is 0.515. The van der Waals surface area contributed by atoms with E-state index in [-0.39, 0.29) is 23.8 Å². The summed E-state index contributed by atoms with van der Waals surface area (Å²) in [5, 5.41) is 9.81. The molecule has 30 heavy (non-hydrogen) atoms. The minimum Gasteiger partial charge on any atom is -0.489 e. The minimum atomic E-state index is -4.41. The van der Waals surface area contributed by atoms with Crippen LogP contribution in [0.25, 0.3) is 10.9 Å². The normalized spacial score (nSPS) is 14.7. The third-order valence-electron chi connectivity index (χ3n) is 5.65. The van der Waals surface area contributed by atoms with Gasteiger partial charge in [0, 0.05) is 10.9 Å². The first-order valence-electron chi connectivity index (χ1n) is 9.74. The molecule has 1 aromatic heterocycles. The number of hydrogen-bond donors (Lipinski definition) is 1. The third kappa shape index (κ3) is 3.78. The number of hydrogen-bond acceptors (Lipinski definition) is 3. The largest absolute Gasteiger partial charge is 0.489 e. The molecule has 0 aliphatic heterocycles. The number of halogens is 3. The molecule has 1 saturated carbocycles. The highest BCUT2D eigenvalue weighted by molar-refractivity contribution is 5.95. The van der Waals surface area contributed by atoms with Crippen molar-refractivity contribution in [1.82, 2.24) is 4.98 Å². The first kappa shape index (κ1) is 20.0. The molecular formula is C23H19F3N2O2. The van der Waals surface area contributed by atoms with Crippen LogP contribution in [0.3, 0.4) is 0 Å². The molecule has 4 nitrogen and oxygen atoms in total. The Labute approximate surface area is 171 Å². The third-order valence-corrected chi connectivity index (χ3v) is 5.65. The molecule has 0 radical (unpaired) electrons. The summed E-state index contributed by atoms with van der Waals surface area (Å²) in [6.07, 6.45) is -0.330. The van der Waals surface area contributed by atoms with E-state index in [2.05, 4.69) is 4.98 Å². The second kappa shape index (κ2) is 7.86. The number of benzene rings is 2. The molecular weight excluding hydrogens is 393 g/mol. The van der Waals surface area contributed by atoms with Crippen LogP contribution in [0.5, 0.6) is 5.75 Å². The molecule has 0 atom stereocenters. The Kier molecular flexibility index (Phi) is 5.25. The van der Waals surface area contributed by atoms with Crippen molar-refractivity contribution < 1.29 is 22.7 Å². The number of carbonyl (C=O) groups excluding carboxylic acids is 1. The summed E-state index contributed by atoms with van der Waals surface area (Å²) in [7, 11) is 0. The summed E-state index contributed by atoms with van der Waals surface area (Å²) < 4.78 is 46.6. The lowest BCUT2D eigenvalue weighted by Crippen LogP contribution is -2.12. The van der Waals surface area contributed by atoms with Gasteiger partial charge >= 0.3 is 6.18 Å². The second-order valence-corrected chi connectivity index (χ2v) is 7.54. The van der Waals surface area contributed by atoms with Crippen molar-refractivity contribution in [1.29, 1.82) is 5.26 Å². The summed E-state index contributed by atoms with van der Waals surface area (Å²) in [5.41, 5.74) is 1.22. The molecule has 2 aromatic carbocycles. The minimum absolute atomic E-state index is 0.0353. The summed E-state index contributed by atoms with van der Waals surface area (Å²) in [5.74, 6) is 0.368. The van der Waals surface area contributed by atoms with E-state index in [1.54, 1.807) is 30.3 Å². The molecule has 0 amide bonds. The molecule has 1 fully saturated rings. The predicted molar refractivity (Wildman–Crippen MR) is 105 cm³/mol. The number of rotatable bonds is 5. The highest BCUT2D eigenvalue weighted by Crippen LogP contribution is 2.42. The standard InChI is InChI=1S/C23H19F3N2O2/c24-23(25,26)20-9-14(5-7-17(20)15-3-1-2-4-15)13-30-16-6-8-21-18(10-16)19(11-27)22(12-29)28-21/h5-10,12,15,28H,1-4,13H2. The molecule has 1 aliphatic carbocycles. The number of aldehydes is 1. The Balaban J connectivity index is 1.59. The fourth-order valence-corrected chi connectivity index (χ4v) is 4.19. The van der Waals surface area contributed by atoms with E-state index < -0.39 is 11.7 Å². The number of alkyl halides is 3. The van der Waals surface area contributed by atoms with Gasteiger partial charge in [-0.3, -0.25) is 4.79 Å². The van der Waals surface area contributed by atoms with E-state index in [4.69, 9.17) is 4.74 Å². The Bertz CT molecular complexity index is 1140. The molecule has 1 aliphatic rings. The number of aromatic nitrogens is 1. The van der Waals surface area contributed by atoms with Gasteiger partial charge in [-0.1, -0.05) is 25.0 Å². The van der Waals surface area contributed by atoms with Gasteiger partial charge in [0.2, 0.25) is 0 Å². The molecule has 7 heteroatoms. The zero-order chi connectivity index (χ0) is 21.3. The Hall–Kier alpha value is -3.27. The van der Waals surface area contributed by atoms with E-state index >= 15 is 0 Å². The number of aromatic amines is 1. The summed E-state index contributed by atoms with van der Waals surface area (Å²) in [4.78, 5) is 13.9. The van der Waals surface area contributed by atoms with Crippen LogP contribution in [0, 0.1) is 11.3 Å². The lowest BCUT2D eigenvalue weighted by molar-refractivity contribution is -0.138. The summed E-state index contributed by atoms with van der Waals surface area (Å²) >= 11 is 0. The maximum atomic E-state index is 13.6. The average molecular weight is 412 g/mol. The number of nitrogens with zero attached hydrogens (tertiary/aromatic N) is 1. The first-order valence-corrected chi connectivity index (χ1v) is 9.74. The molecule has 154 valence electrons. The van der Waals surface area contributed by atoms with Crippen molar-refractivity contribution >= 4 is 17.2 Å². The van der Waals surface area contributed by atoms with Gasteiger partial charge in [-0.2, -0.15) is 18.4 Å². The SMILES string of the molecule is N#Cc1c(C=O)[nH]c2ccc(OCc3ccc(C4CCCC4)c(C(F)(F)F)c3)cc12. The zero-order valence-electron chi connectivity index (χ0n) is 16.1. The van der Waals surface area contributed by atoms with E-state index in [1.807, 2.05) is 6.07 Å². The van der Waals surface area contributed by atoms with Gasteiger partial charge in [0.15, 0.2) is 6.29 Å². The molecule has 1 N–H and O–H groups in total. The van der Waals surface area contributed by atoms with Crippen molar-refractivity contribution in [3.8, 4) is 11.8 Å². The van der Waals surface area contributed by atoms with Crippen LogP contribution < -0.4 is 4.74 Å². The van der Waals surface area contributed by atoms with Crippen molar-refractivity contribution in [2.75, 3.05) is 0 Å². The maximum absolute atomic E-state index is 13.6. The number of carbonyl (C=O) groups is 1. The van der Waals surface area contributed by atoms with E-state index in [1.165, 1.54) is 6.07 Å². The molecule has 1 heterocycles. The van der Waals surface area contributed by atoms with Crippen LogP contribution in [0.15, 0.2) is 36.4 Å². The molecule has 4 rings (SSSR count). The van der Waals surface area contributed by atoms with E-state index in [0.717, 1.165) is 25.7 Å². The Morgan fingerprint density at radius 2 is 1.93 bits per heavy atom. The van der Waals surface area contributed by atoms with Crippen LogP contribution in [0.1, 0.15) is 64.3 Å². The number of H-pyrrole nitrogens is 1. The highest BCUT2D eigenvalue weighted by atomic mass is 19.4. The van der Waals surface area contributed by atoms with Crippen LogP contribution >= 0.6 is 0 Å². The number of ether oxygens (including phenoxy) is 1. The van der Waals surface area contributed by atoms with Gasteiger partial charge in [0.25, 0.3) is 0 Å². The van der Waals surface area contributed by atoms with Crippen molar-refractivity contribution in [3.05, 3.63) is 64.3 Å². The van der Waals surface area contributed by atoms with Crippen LogP contribution in [-0.2, 0) is 12.8 Å². The van der Waals surface area contributed by atoms with Crippen molar-refractivity contribution in [2.45, 2.75) is 44.4 Å². The average Bonchev–Trinajstić information content (AvgIpc) is 3.38. The molecule has 0 saturated heterocycles. The number of fused-ring (bicyclic) bond motifs is 1. The van der Waals surface area contributed by atoms with Crippen LogP contribution in [0.4, 0.5) is 13.2 Å². The van der Waals surface area contributed by atoms with Gasteiger partial charge in [-0.25, -0.2) is 0 Å². The maximum Gasteiger partial charge on any atom is 0.416 e. The predicted octanol–water partition coefficient (Wildman–Crippen LogP) is 6.11. The molecule has 0 spiro atoms. The molecule has 0 bridgehead atoms. The van der Waals surface area contributed by atoms with Crippen LogP contribution in [-0.4, -0.2) is 11.3 Å².